The quantitative estimate of drug-likeness (QED) is 0.304. The van der Waals surface area contributed by atoms with Gasteiger partial charge in [-0.25, -0.2) is 13.8 Å². The molecule has 0 spiro atoms. The van der Waals surface area contributed by atoms with Crippen LogP contribution in [0.3, 0.4) is 0 Å². The highest BCUT2D eigenvalue weighted by molar-refractivity contribution is 7.10. The van der Waals surface area contributed by atoms with Crippen molar-refractivity contribution in [3.8, 4) is 0 Å². The summed E-state index contributed by atoms with van der Waals surface area (Å²) in [7, 11) is 0. The number of nitrogens with zero attached hydrogens (tertiary/aromatic N) is 5. The zero-order valence-electron chi connectivity index (χ0n) is 23.0. The standard InChI is InChI=1S/C28H30F5N5O2S/c1-15-12-22(28(31,32)33)35-38(15)24(27(2,3)4)26(39)37-10-8-16(9-11-37)25-34-20(14-41-25)19-13-21(40-36-19)23-17(29)6-5-7-18(23)30/h5-7,12,14,16,21,24H,8-11,13H2,1-4H3/t21-,24?/m1/s1. The van der Waals surface area contributed by atoms with Crippen LogP contribution in [0.2, 0.25) is 0 Å². The highest BCUT2D eigenvalue weighted by atomic mass is 32.1. The molecule has 3 aromatic rings. The summed E-state index contributed by atoms with van der Waals surface area (Å²) in [4.78, 5) is 25.4. The zero-order valence-corrected chi connectivity index (χ0v) is 23.8. The minimum absolute atomic E-state index is 0.0805. The van der Waals surface area contributed by atoms with Crippen molar-refractivity contribution in [1.29, 1.82) is 0 Å². The molecule has 0 bridgehead atoms. The normalized spacial score (nSPS) is 19.3. The monoisotopic (exact) mass is 595 g/mol. The molecule has 1 unspecified atom stereocenters. The van der Waals surface area contributed by atoms with E-state index in [1.807, 2.05) is 26.2 Å². The maximum atomic E-state index is 14.2. The molecule has 0 aliphatic carbocycles. The molecule has 0 saturated carbocycles. The highest BCUT2D eigenvalue weighted by Gasteiger charge is 2.42. The van der Waals surface area contributed by atoms with Crippen molar-refractivity contribution in [2.24, 2.45) is 10.6 Å². The molecule has 0 radical (unpaired) electrons. The molecule has 1 fully saturated rings. The van der Waals surface area contributed by atoms with Crippen molar-refractivity contribution in [3.05, 3.63) is 68.9 Å². The van der Waals surface area contributed by atoms with Gasteiger partial charge in [-0.2, -0.15) is 18.3 Å². The van der Waals surface area contributed by atoms with E-state index in [4.69, 9.17) is 9.82 Å². The maximum Gasteiger partial charge on any atom is 0.435 e. The minimum Gasteiger partial charge on any atom is -0.387 e. The molecular formula is C28H30F5N5O2S. The van der Waals surface area contributed by atoms with Crippen molar-refractivity contribution in [2.45, 2.75) is 71.2 Å². The first-order valence-corrected chi connectivity index (χ1v) is 14.2. The lowest BCUT2D eigenvalue weighted by molar-refractivity contribution is -0.144. The van der Waals surface area contributed by atoms with Gasteiger partial charge >= 0.3 is 6.18 Å². The van der Waals surface area contributed by atoms with Crippen molar-refractivity contribution < 1.29 is 31.6 Å². The van der Waals surface area contributed by atoms with Gasteiger partial charge in [0.25, 0.3) is 0 Å². The van der Waals surface area contributed by atoms with E-state index in [0.717, 1.165) is 11.1 Å². The number of hydrogen-bond acceptors (Lipinski definition) is 6. The van der Waals surface area contributed by atoms with E-state index in [0.29, 0.717) is 37.3 Å². The summed E-state index contributed by atoms with van der Waals surface area (Å²) in [5, 5.41) is 10.5. The lowest BCUT2D eigenvalue weighted by Gasteiger charge is -2.38. The molecule has 1 aromatic carbocycles. The highest BCUT2D eigenvalue weighted by Crippen LogP contribution is 2.39. The summed E-state index contributed by atoms with van der Waals surface area (Å²) in [6.45, 7) is 7.82. The van der Waals surface area contributed by atoms with Crippen molar-refractivity contribution in [2.75, 3.05) is 13.1 Å². The number of rotatable bonds is 5. The van der Waals surface area contributed by atoms with Gasteiger partial charge in [-0.1, -0.05) is 32.0 Å². The van der Waals surface area contributed by atoms with Crippen LogP contribution < -0.4 is 0 Å². The Morgan fingerprint density at radius 3 is 2.37 bits per heavy atom. The van der Waals surface area contributed by atoms with Crippen LogP contribution in [-0.4, -0.2) is 44.4 Å². The van der Waals surface area contributed by atoms with Gasteiger partial charge in [-0.15, -0.1) is 11.3 Å². The van der Waals surface area contributed by atoms with E-state index in [2.05, 4.69) is 10.3 Å². The van der Waals surface area contributed by atoms with E-state index in [1.54, 1.807) is 4.90 Å². The van der Waals surface area contributed by atoms with Crippen LogP contribution in [0.4, 0.5) is 22.0 Å². The van der Waals surface area contributed by atoms with Crippen LogP contribution in [-0.2, 0) is 15.8 Å². The van der Waals surface area contributed by atoms with Gasteiger partial charge in [0.15, 0.2) is 11.8 Å². The van der Waals surface area contributed by atoms with Gasteiger partial charge in [0.05, 0.1) is 16.3 Å². The fraction of sp³-hybridized carbons (Fsp3) is 0.500. The Balaban J connectivity index is 1.24. The number of carbonyl (C=O) groups excluding carboxylic acids is 1. The Hall–Kier alpha value is -3.35. The van der Waals surface area contributed by atoms with Gasteiger partial charge in [0.2, 0.25) is 5.91 Å². The Morgan fingerprint density at radius 1 is 1.12 bits per heavy atom. The molecule has 2 atom stereocenters. The van der Waals surface area contributed by atoms with E-state index in [9.17, 15) is 26.7 Å². The fourth-order valence-corrected chi connectivity index (χ4v) is 6.36. The molecule has 1 amide bonds. The fourth-order valence-electron chi connectivity index (χ4n) is 5.36. The second kappa shape index (κ2) is 10.8. The largest absolute Gasteiger partial charge is 0.435 e. The number of likely N-dealkylation sites (tertiary alicyclic amines) is 1. The molecule has 2 aliphatic heterocycles. The molecule has 7 nitrogen and oxygen atoms in total. The van der Waals surface area contributed by atoms with E-state index in [-0.39, 0.29) is 29.5 Å². The number of aromatic nitrogens is 3. The second-order valence-corrected chi connectivity index (χ2v) is 12.4. The zero-order chi connectivity index (χ0) is 29.7. The predicted molar refractivity (Wildman–Crippen MR) is 142 cm³/mol. The number of amides is 1. The van der Waals surface area contributed by atoms with Crippen LogP contribution in [0.5, 0.6) is 0 Å². The average Bonchev–Trinajstić information content (AvgIpc) is 3.64. The third-order valence-electron chi connectivity index (χ3n) is 7.48. The molecule has 2 aliphatic rings. The van der Waals surface area contributed by atoms with E-state index >= 15 is 0 Å². The van der Waals surface area contributed by atoms with Gasteiger partial charge < -0.3 is 9.74 Å². The number of piperidine rings is 1. The molecule has 2 aromatic heterocycles. The number of oxime groups is 1. The van der Waals surface area contributed by atoms with Gasteiger partial charge in [-0.3, -0.25) is 9.48 Å². The Labute approximate surface area is 238 Å². The van der Waals surface area contributed by atoms with Crippen LogP contribution in [0.25, 0.3) is 0 Å². The second-order valence-electron chi connectivity index (χ2n) is 11.5. The number of carbonyl (C=O) groups is 1. The predicted octanol–water partition coefficient (Wildman–Crippen LogP) is 6.80. The maximum absolute atomic E-state index is 14.2. The third-order valence-corrected chi connectivity index (χ3v) is 8.48. The first-order valence-electron chi connectivity index (χ1n) is 13.3. The molecule has 5 rings (SSSR count). The topological polar surface area (TPSA) is 72.6 Å². The van der Waals surface area contributed by atoms with E-state index in [1.165, 1.54) is 41.1 Å². The summed E-state index contributed by atoms with van der Waals surface area (Å²) in [5.74, 6) is -1.57. The molecule has 1 saturated heterocycles. The van der Waals surface area contributed by atoms with Crippen LogP contribution >= 0.6 is 11.3 Å². The summed E-state index contributed by atoms with van der Waals surface area (Å²) in [6, 6.07) is 3.72. The molecular weight excluding hydrogens is 565 g/mol. The van der Waals surface area contributed by atoms with Crippen LogP contribution in [0.1, 0.15) is 85.8 Å². The molecule has 220 valence electrons. The minimum atomic E-state index is -4.60. The number of hydrogen-bond donors (Lipinski definition) is 0. The lowest BCUT2D eigenvalue weighted by Crippen LogP contribution is -2.46. The number of aryl methyl sites for hydroxylation is 1. The Bertz CT molecular complexity index is 1450. The smallest absolute Gasteiger partial charge is 0.387 e. The molecule has 0 N–H and O–H groups in total. The number of benzene rings is 1. The molecule has 41 heavy (non-hydrogen) atoms. The summed E-state index contributed by atoms with van der Waals surface area (Å²) in [6.07, 6.45) is -4.02. The van der Waals surface area contributed by atoms with Gasteiger partial charge in [0.1, 0.15) is 23.4 Å². The van der Waals surface area contributed by atoms with Crippen LogP contribution in [0.15, 0.2) is 34.8 Å². The summed E-state index contributed by atoms with van der Waals surface area (Å²) < 4.78 is 69.5. The van der Waals surface area contributed by atoms with Gasteiger partial charge in [0, 0.05) is 36.5 Å². The Kier molecular flexibility index (Phi) is 7.68. The number of thiazole rings is 1. The Morgan fingerprint density at radius 2 is 1.78 bits per heavy atom. The first kappa shape index (κ1) is 29.2. The summed E-state index contributed by atoms with van der Waals surface area (Å²) in [5.41, 5.74) is -0.482. The summed E-state index contributed by atoms with van der Waals surface area (Å²) >= 11 is 1.45. The molecule has 13 heteroatoms. The third kappa shape index (κ3) is 5.86. The molecule has 4 heterocycles. The lowest BCUT2D eigenvalue weighted by atomic mass is 9.85. The number of halogens is 5. The first-order chi connectivity index (χ1) is 19.2. The van der Waals surface area contributed by atoms with Gasteiger partial charge in [-0.05, 0) is 43.4 Å². The van der Waals surface area contributed by atoms with E-state index < -0.39 is 41.1 Å². The van der Waals surface area contributed by atoms with Crippen molar-refractivity contribution in [1.82, 2.24) is 19.7 Å². The van der Waals surface area contributed by atoms with Crippen LogP contribution in [0, 0.1) is 24.0 Å². The SMILES string of the molecule is Cc1cc(C(F)(F)F)nn1C(C(=O)N1CCC(c2nc(C3=NO[C@@H](c4c(F)cccc4F)C3)cs2)CC1)C(C)(C)C. The van der Waals surface area contributed by atoms with Crippen molar-refractivity contribution in [3.63, 3.8) is 0 Å². The number of alkyl halides is 3. The van der Waals surface area contributed by atoms with Crippen molar-refractivity contribution >= 4 is 23.0 Å². The average molecular weight is 596 g/mol.